The van der Waals surface area contributed by atoms with Crippen LogP contribution in [-0.4, -0.2) is 18.5 Å². The number of ketones is 1. The zero-order valence-electron chi connectivity index (χ0n) is 19.3. The van der Waals surface area contributed by atoms with Crippen molar-refractivity contribution < 1.29 is 9.53 Å². The van der Waals surface area contributed by atoms with Crippen LogP contribution >= 0.6 is 0 Å². The molecule has 0 radical (unpaired) electrons. The van der Waals surface area contributed by atoms with E-state index in [1.807, 2.05) is 30.3 Å². The summed E-state index contributed by atoms with van der Waals surface area (Å²) in [5.41, 5.74) is 0.753. The van der Waals surface area contributed by atoms with E-state index in [1.165, 1.54) is 83.5 Å². The Balaban J connectivity index is 1.99. The van der Waals surface area contributed by atoms with Gasteiger partial charge in [-0.3, -0.25) is 4.79 Å². The SMILES string of the molecule is CCCCCCCCCCCCCCCC(CCC)OCC(=O)c1ccccc1. The molecule has 166 valence electrons. The number of carbonyl (C=O) groups excluding carboxylic acids is 1. The van der Waals surface area contributed by atoms with Gasteiger partial charge >= 0.3 is 0 Å². The minimum absolute atomic E-state index is 0.0945. The normalized spacial score (nSPS) is 12.2. The largest absolute Gasteiger partial charge is 0.370 e. The molecule has 1 atom stereocenters. The topological polar surface area (TPSA) is 26.3 Å². The van der Waals surface area contributed by atoms with Crippen molar-refractivity contribution in [3.05, 3.63) is 35.9 Å². The van der Waals surface area contributed by atoms with Crippen LogP contribution in [0.3, 0.4) is 0 Å². The first kappa shape index (κ1) is 25.9. The predicted molar refractivity (Wildman–Crippen MR) is 126 cm³/mol. The van der Waals surface area contributed by atoms with Gasteiger partial charge in [0, 0.05) is 5.56 Å². The van der Waals surface area contributed by atoms with E-state index in [9.17, 15) is 4.79 Å². The molecular formula is C27H46O2. The molecule has 0 N–H and O–H groups in total. The van der Waals surface area contributed by atoms with Crippen LogP contribution in [0.2, 0.25) is 0 Å². The molecule has 0 spiro atoms. The van der Waals surface area contributed by atoms with Crippen molar-refractivity contribution in [1.82, 2.24) is 0 Å². The fourth-order valence-corrected chi connectivity index (χ4v) is 3.92. The second-order valence-corrected chi connectivity index (χ2v) is 8.54. The summed E-state index contributed by atoms with van der Waals surface area (Å²) in [6.07, 6.45) is 21.5. The Labute approximate surface area is 180 Å². The number of hydrogen-bond donors (Lipinski definition) is 0. The van der Waals surface area contributed by atoms with Crippen molar-refractivity contribution >= 4 is 5.78 Å². The van der Waals surface area contributed by atoms with Crippen LogP contribution in [0.4, 0.5) is 0 Å². The first-order chi connectivity index (χ1) is 14.3. The molecule has 1 rings (SSSR count). The van der Waals surface area contributed by atoms with Crippen molar-refractivity contribution in [1.29, 1.82) is 0 Å². The highest BCUT2D eigenvalue weighted by atomic mass is 16.5. The van der Waals surface area contributed by atoms with Gasteiger partial charge in [-0.1, -0.05) is 134 Å². The fraction of sp³-hybridized carbons (Fsp3) is 0.741. The number of hydrogen-bond acceptors (Lipinski definition) is 2. The first-order valence-corrected chi connectivity index (χ1v) is 12.5. The maximum absolute atomic E-state index is 12.2. The van der Waals surface area contributed by atoms with Crippen LogP contribution in [0, 0.1) is 0 Å². The summed E-state index contributed by atoms with van der Waals surface area (Å²) in [4.78, 5) is 12.2. The Morgan fingerprint density at radius 3 is 1.72 bits per heavy atom. The Kier molecular flexibility index (Phi) is 16.8. The number of carbonyl (C=O) groups is 1. The van der Waals surface area contributed by atoms with Crippen molar-refractivity contribution in [2.45, 2.75) is 123 Å². The van der Waals surface area contributed by atoms with Crippen molar-refractivity contribution in [2.75, 3.05) is 6.61 Å². The van der Waals surface area contributed by atoms with Crippen molar-refractivity contribution in [3.8, 4) is 0 Å². The van der Waals surface area contributed by atoms with Gasteiger partial charge in [0.15, 0.2) is 5.78 Å². The minimum Gasteiger partial charge on any atom is -0.370 e. The van der Waals surface area contributed by atoms with Gasteiger partial charge in [0.05, 0.1) is 6.10 Å². The van der Waals surface area contributed by atoms with Gasteiger partial charge in [-0.2, -0.15) is 0 Å². The smallest absolute Gasteiger partial charge is 0.188 e. The second kappa shape index (κ2) is 18.9. The van der Waals surface area contributed by atoms with E-state index in [1.54, 1.807) is 0 Å². The zero-order valence-corrected chi connectivity index (χ0v) is 19.3. The quantitative estimate of drug-likeness (QED) is 0.161. The molecule has 1 aromatic rings. The Bertz CT molecular complexity index is 483. The summed E-state index contributed by atoms with van der Waals surface area (Å²) in [6, 6.07) is 9.49. The maximum Gasteiger partial charge on any atom is 0.188 e. The van der Waals surface area contributed by atoms with E-state index in [0.29, 0.717) is 0 Å². The maximum atomic E-state index is 12.2. The summed E-state index contributed by atoms with van der Waals surface area (Å²) in [7, 11) is 0. The van der Waals surface area contributed by atoms with Crippen LogP contribution in [0.5, 0.6) is 0 Å². The number of ether oxygens (including phenoxy) is 1. The van der Waals surface area contributed by atoms with Crippen molar-refractivity contribution in [3.63, 3.8) is 0 Å². The molecule has 0 aliphatic rings. The third-order valence-electron chi connectivity index (χ3n) is 5.79. The van der Waals surface area contributed by atoms with Crippen molar-refractivity contribution in [2.24, 2.45) is 0 Å². The summed E-state index contributed by atoms with van der Waals surface area (Å²) in [6.45, 7) is 4.69. The average Bonchev–Trinajstić information content (AvgIpc) is 2.75. The summed E-state index contributed by atoms with van der Waals surface area (Å²) in [5.74, 6) is 0.0945. The standard InChI is InChI=1S/C27H46O2/c1-3-5-6-7-8-9-10-11-12-13-14-15-19-23-26(20-4-2)29-24-27(28)25-21-17-16-18-22-25/h16-18,21-22,26H,3-15,19-20,23-24H2,1-2H3. The van der Waals surface area contributed by atoms with E-state index >= 15 is 0 Å². The lowest BCUT2D eigenvalue weighted by Crippen LogP contribution is -2.18. The van der Waals surface area contributed by atoms with Gasteiger partial charge in [-0.15, -0.1) is 0 Å². The second-order valence-electron chi connectivity index (χ2n) is 8.54. The van der Waals surface area contributed by atoms with Crippen LogP contribution in [0.1, 0.15) is 127 Å². The molecule has 0 fully saturated rings. The number of rotatable bonds is 20. The van der Waals surface area contributed by atoms with E-state index in [4.69, 9.17) is 4.74 Å². The Hall–Kier alpha value is -1.15. The van der Waals surface area contributed by atoms with E-state index < -0.39 is 0 Å². The molecule has 29 heavy (non-hydrogen) atoms. The molecule has 0 amide bonds. The summed E-state index contributed by atoms with van der Waals surface area (Å²) in [5, 5.41) is 0. The van der Waals surface area contributed by atoms with E-state index in [-0.39, 0.29) is 18.5 Å². The summed E-state index contributed by atoms with van der Waals surface area (Å²) >= 11 is 0. The fourth-order valence-electron chi connectivity index (χ4n) is 3.92. The molecule has 0 aliphatic carbocycles. The third-order valence-corrected chi connectivity index (χ3v) is 5.79. The predicted octanol–water partition coefficient (Wildman–Crippen LogP) is 8.54. The molecule has 2 heteroatoms. The number of unbranched alkanes of at least 4 members (excludes halogenated alkanes) is 12. The Morgan fingerprint density at radius 2 is 1.21 bits per heavy atom. The molecule has 0 saturated heterocycles. The lowest BCUT2D eigenvalue weighted by molar-refractivity contribution is 0.0363. The minimum atomic E-state index is 0.0945. The molecule has 1 unspecified atom stereocenters. The summed E-state index contributed by atoms with van der Waals surface area (Å²) < 4.78 is 5.96. The van der Waals surface area contributed by atoms with Gasteiger partial charge in [0.2, 0.25) is 0 Å². The highest BCUT2D eigenvalue weighted by Crippen LogP contribution is 2.16. The first-order valence-electron chi connectivity index (χ1n) is 12.5. The van der Waals surface area contributed by atoms with Crippen LogP contribution < -0.4 is 0 Å². The third kappa shape index (κ3) is 14.5. The lowest BCUT2D eigenvalue weighted by Gasteiger charge is -2.17. The lowest BCUT2D eigenvalue weighted by atomic mass is 10.0. The molecule has 0 aromatic heterocycles. The molecule has 0 heterocycles. The van der Waals surface area contributed by atoms with Gasteiger partial charge in [0.25, 0.3) is 0 Å². The molecule has 0 aliphatic heterocycles. The number of Topliss-reactive ketones (excluding diaryl/α,β-unsaturated/α-hetero) is 1. The zero-order chi connectivity index (χ0) is 21.0. The highest BCUT2D eigenvalue weighted by molar-refractivity contribution is 5.96. The van der Waals surface area contributed by atoms with Crippen LogP contribution in [-0.2, 0) is 4.74 Å². The van der Waals surface area contributed by atoms with Crippen LogP contribution in [0.15, 0.2) is 30.3 Å². The van der Waals surface area contributed by atoms with Gasteiger partial charge in [0.1, 0.15) is 6.61 Å². The average molecular weight is 403 g/mol. The Morgan fingerprint density at radius 1 is 0.690 bits per heavy atom. The van der Waals surface area contributed by atoms with E-state index in [0.717, 1.165) is 24.8 Å². The molecule has 0 saturated carbocycles. The molecule has 0 bridgehead atoms. The van der Waals surface area contributed by atoms with Crippen LogP contribution in [0.25, 0.3) is 0 Å². The van der Waals surface area contributed by atoms with Gasteiger partial charge in [-0.05, 0) is 12.8 Å². The van der Waals surface area contributed by atoms with Gasteiger partial charge < -0.3 is 4.74 Å². The molecule has 1 aromatic carbocycles. The monoisotopic (exact) mass is 402 g/mol. The molecule has 2 nitrogen and oxygen atoms in total. The highest BCUT2D eigenvalue weighted by Gasteiger charge is 2.12. The van der Waals surface area contributed by atoms with E-state index in [2.05, 4.69) is 13.8 Å². The number of benzene rings is 1. The molecular weight excluding hydrogens is 356 g/mol. The van der Waals surface area contributed by atoms with Gasteiger partial charge in [-0.25, -0.2) is 0 Å².